The van der Waals surface area contributed by atoms with Gasteiger partial charge in [0.15, 0.2) is 12.3 Å². The summed E-state index contributed by atoms with van der Waals surface area (Å²) in [6.07, 6.45) is -7.28. The van der Waals surface area contributed by atoms with Gasteiger partial charge in [0.2, 0.25) is 0 Å². The van der Waals surface area contributed by atoms with E-state index in [2.05, 4.69) is 10.0 Å². The monoisotopic (exact) mass is 413 g/mol. The molecule has 10 nitrogen and oxygen atoms in total. The number of esters is 2. The van der Waals surface area contributed by atoms with Crippen LogP contribution in [0.15, 0.2) is 65.8 Å². The van der Waals surface area contributed by atoms with E-state index >= 15 is 0 Å². The van der Waals surface area contributed by atoms with Gasteiger partial charge in [-0.1, -0.05) is 41.5 Å². The van der Waals surface area contributed by atoms with Crippen molar-refractivity contribution in [3.8, 4) is 0 Å². The van der Waals surface area contributed by atoms with Crippen molar-refractivity contribution >= 4 is 11.9 Å². The van der Waals surface area contributed by atoms with Crippen molar-refractivity contribution in [2.75, 3.05) is 6.61 Å². The molecule has 0 radical (unpaired) electrons. The molecule has 1 saturated heterocycles. The van der Waals surface area contributed by atoms with Gasteiger partial charge in [0.25, 0.3) is 0 Å². The number of azide groups is 1. The standard InChI is InChI=1S/C20H19N3O7/c21-23-22-18-17(30-20(27)13-9-5-2-6-10-13)16(25)15(24)14(29-18)11-28-19(26)12-7-3-1-4-8-12/h1-10,14-18,24-25H,11H2/t14-,15-,16+,17+,18+/m1/s1. The van der Waals surface area contributed by atoms with Crippen LogP contribution in [0.25, 0.3) is 10.4 Å². The molecule has 2 aromatic carbocycles. The fraction of sp³-hybridized carbons (Fsp3) is 0.300. The lowest BCUT2D eigenvalue weighted by Crippen LogP contribution is -2.59. The molecule has 5 atom stereocenters. The summed E-state index contributed by atoms with van der Waals surface area (Å²) in [4.78, 5) is 27.0. The zero-order chi connectivity index (χ0) is 21.5. The molecule has 0 saturated carbocycles. The van der Waals surface area contributed by atoms with E-state index < -0.39 is 49.2 Å². The van der Waals surface area contributed by atoms with Crippen molar-refractivity contribution in [3.05, 3.63) is 82.2 Å². The number of aliphatic hydroxyl groups is 2. The van der Waals surface area contributed by atoms with Crippen LogP contribution in [-0.4, -0.2) is 59.4 Å². The van der Waals surface area contributed by atoms with Crippen molar-refractivity contribution < 1.29 is 34.0 Å². The van der Waals surface area contributed by atoms with Gasteiger partial charge in [0.05, 0.1) is 11.1 Å². The van der Waals surface area contributed by atoms with Crippen molar-refractivity contribution in [3.63, 3.8) is 0 Å². The zero-order valence-corrected chi connectivity index (χ0v) is 15.6. The third-order valence-electron chi connectivity index (χ3n) is 4.47. The number of rotatable bonds is 6. The van der Waals surface area contributed by atoms with Crippen molar-refractivity contribution in [2.24, 2.45) is 5.11 Å². The molecule has 156 valence electrons. The van der Waals surface area contributed by atoms with E-state index in [-0.39, 0.29) is 5.56 Å². The molecule has 2 N–H and O–H groups in total. The van der Waals surface area contributed by atoms with Gasteiger partial charge >= 0.3 is 11.9 Å². The molecule has 0 amide bonds. The van der Waals surface area contributed by atoms with Gasteiger partial charge in [-0.25, -0.2) is 9.59 Å². The third-order valence-corrected chi connectivity index (χ3v) is 4.47. The molecule has 30 heavy (non-hydrogen) atoms. The summed E-state index contributed by atoms with van der Waals surface area (Å²) in [6, 6.07) is 16.1. The lowest BCUT2D eigenvalue weighted by molar-refractivity contribution is -0.227. The lowest BCUT2D eigenvalue weighted by Gasteiger charge is -2.40. The number of hydrogen-bond acceptors (Lipinski definition) is 8. The summed E-state index contributed by atoms with van der Waals surface area (Å²) in [5, 5.41) is 24.2. The number of aliphatic hydroxyl groups excluding tert-OH is 2. The second-order valence-electron chi connectivity index (χ2n) is 6.45. The van der Waals surface area contributed by atoms with Gasteiger partial charge in [0, 0.05) is 4.91 Å². The Balaban J connectivity index is 1.68. The minimum atomic E-state index is -1.64. The fourth-order valence-electron chi connectivity index (χ4n) is 2.91. The molecule has 0 aromatic heterocycles. The van der Waals surface area contributed by atoms with Crippen molar-refractivity contribution in [1.82, 2.24) is 0 Å². The summed E-state index contributed by atoms with van der Waals surface area (Å²) in [5.74, 6) is -1.44. The molecular formula is C20H19N3O7. The third kappa shape index (κ3) is 4.94. The Kier molecular flexibility index (Phi) is 6.99. The Labute approximate surface area is 171 Å². The van der Waals surface area contributed by atoms with Crippen LogP contribution in [0.2, 0.25) is 0 Å². The van der Waals surface area contributed by atoms with Crippen LogP contribution in [0, 0.1) is 0 Å². The predicted molar refractivity (Wildman–Crippen MR) is 102 cm³/mol. The first-order valence-corrected chi connectivity index (χ1v) is 9.05. The van der Waals surface area contributed by atoms with E-state index in [4.69, 9.17) is 19.7 Å². The van der Waals surface area contributed by atoms with Crippen LogP contribution in [0.1, 0.15) is 20.7 Å². The summed E-state index contributed by atoms with van der Waals surface area (Å²) in [7, 11) is 0. The largest absolute Gasteiger partial charge is 0.459 e. The van der Waals surface area contributed by atoms with Gasteiger partial charge in [-0.15, -0.1) is 0 Å². The Morgan fingerprint density at radius 1 is 0.967 bits per heavy atom. The molecule has 1 heterocycles. The summed E-state index contributed by atoms with van der Waals surface area (Å²) >= 11 is 0. The van der Waals surface area contributed by atoms with Crippen LogP contribution in [0.5, 0.6) is 0 Å². The van der Waals surface area contributed by atoms with E-state index in [1.54, 1.807) is 48.5 Å². The van der Waals surface area contributed by atoms with Gasteiger partial charge in [-0.3, -0.25) is 0 Å². The first-order valence-electron chi connectivity index (χ1n) is 9.05. The molecule has 0 bridgehead atoms. The van der Waals surface area contributed by atoms with Gasteiger partial charge in [0.1, 0.15) is 24.9 Å². The Bertz CT molecular complexity index is 917. The molecular weight excluding hydrogens is 394 g/mol. The van der Waals surface area contributed by atoms with Crippen LogP contribution in [0.3, 0.4) is 0 Å². The molecule has 1 aliphatic heterocycles. The number of hydrogen-bond donors (Lipinski definition) is 2. The molecule has 0 unspecified atom stereocenters. The maximum absolute atomic E-state index is 12.3. The number of nitrogens with zero attached hydrogens (tertiary/aromatic N) is 3. The van der Waals surface area contributed by atoms with Crippen molar-refractivity contribution in [2.45, 2.75) is 30.6 Å². The van der Waals surface area contributed by atoms with Crippen LogP contribution < -0.4 is 0 Å². The number of benzene rings is 2. The number of ether oxygens (including phenoxy) is 3. The highest BCUT2D eigenvalue weighted by Gasteiger charge is 2.47. The average Bonchev–Trinajstić information content (AvgIpc) is 2.78. The van der Waals surface area contributed by atoms with E-state index in [9.17, 15) is 19.8 Å². The Morgan fingerprint density at radius 2 is 1.53 bits per heavy atom. The highest BCUT2D eigenvalue weighted by Crippen LogP contribution is 2.26. The zero-order valence-electron chi connectivity index (χ0n) is 15.6. The number of carbonyl (C=O) groups is 2. The maximum atomic E-state index is 12.3. The maximum Gasteiger partial charge on any atom is 0.338 e. The molecule has 3 rings (SSSR count). The average molecular weight is 413 g/mol. The molecule has 2 aromatic rings. The SMILES string of the molecule is [N-]=[N+]=N[C@H]1O[C@H](COC(=O)c2ccccc2)[C@@H](O)[C@H](O)[C@@H]1OC(=O)c1ccccc1. The van der Waals surface area contributed by atoms with E-state index in [1.165, 1.54) is 12.1 Å². The lowest BCUT2D eigenvalue weighted by atomic mass is 9.98. The summed E-state index contributed by atoms with van der Waals surface area (Å²) < 4.78 is 15.8. The molecule has 1 fully saturated rings. The molecule has 10 heteroatoms. The smallest absolute Gasteiger partial charge is 0.338 e. The normalized spacial score (nSPS) is 25.6. The van der Waals surface area contributed by atoms with Gasteiger partial charge in [-0.05, 0) is 29.8 Å². The second-order valence-corrected chi connectivity index (χ2v) is 6.45. The Hall–Kier alpha value is -3.43. The molecule has 0 aliphatic carbocycles. The summed E-state index contributed by atoms with van der Waals surface area (Å²) in [6.45, 7) is -0.414. The van der Waals surface area contributed by atoms with Crippen LogP contribution in [0.4, 0.5) is 0 Å². The van der Waals surface area contributed by atoms with E-state index in [0.29, 0.717) is 5.56 Å². The first-order chi connectivity index (χ1) is 14.5. The van der Waals surface area contributed by atoms with Crippen LogP contribution >= 0.6 is 0 Å². The summed E-state index contributed by atoms with van der Waals surface area (Å²) in [5.41, 5.74) is 9.30. The minimum absolute atomic E-state index is 0.206. The fourth-order valence-corrected chi connectivity index (χ4v) is 2.91. The van der Waals surface area contributed by atoms with E-state index in [0.717, 1.165) is 0 Å². The molecule has 0 spiro atoms. The minimum Gasteiger partial charge on any atom is -0.459 e. The van der Waals surface area contributed by atoms with Crippen LogP contribution in [-0.2, 0) is 14.2 Å². The Morgan fingerprint density at radius 3 is 2.10 bits per heavy atom. The van der Waals surface area contributed by atoms with Gasteiger partial charge < -0.3 is 24.4 Å². The van der Waals surface area contributed by atoms with E-state index in [1.807, 2.05) is 0 Å². The highest BCUT2D eigenvalue weighted by atomic mass is 16.6. The first kappa shape index (κ1) is 21.3. The van der Waals surface area contributed by atoms with Crippen molar-refractivity contribution in [1.29, 1.82) is 0 Å². The second kappa shape index (κ2) is 9.86. The van der Waals surface area contributed by atoms with Gasteiger partial charge in [-0.2, -0.15) is 0 Å². The number of carbonyl (C=O) groups excluding carboxylic acids is 2. The molecule has 1 aliphatic rings. The predicted octanol–water partition coefficient (Wildman–Crippen LogP) is 1.83. The quantitative estimate of drug-likeness (QED) is 0.317. The highest BCUT2D eigenvalue weighted by molar-refractivity contribution is 5.89. The topological polar surface area (TPSA) is 151 Å².